The molecule has 0 saturated carbocycles. The van der Waals surface area contributed by atoms with E-state index in [0.29, 0.717) is 59.1 Å². The van der Waals surface area contributed by atoms with Crippen molar-refractivity contribution in [3.63, 3.8) is 0 Å². The molecule has 0 bridgehead atoms. The molecule has 0 aliphatic carbocycles. The normalized spacial score (nSPS) is 16.0. The van der Waals surface area contributed by atoms with Crippen LogP contribution in [0, 0.1) is 0 Å². The molecule has 2 aromatic carbocycles. The van der Waals surface area contributed by atoms with Crippen molar-refractivity contribution in [2.75, 3.05) is 26.3 Å². The van der Waals surface area contributed by atoms with E-state index < -0.39 is 6.04 Å². The number of halogens is 3. The molecule has 0 radical (unpaired) electrons. The van der Waals surface area contributed by atoms with Crippen molar-refractivity contribution < 1.29 is 9.53 Å². The van der Waals surface area contributed by atoms with E-state index >= 15 is 0 Å². The number of morpholine rings is 1. The van der Waals surface area contributed by atoms with Crippen LogP contribution in [0.3, 0.4) is 0 Å². The summed E-state index contributed by atoms with van der Waals surface area (Å²) >= 11 is 18.9. The second kappa shape index (κ2) is 9.12. The highest BCUT2D eigenvalue weighted by Gasteiger charge is 2.25. The van der Waals surface area contributed by atoms with E-state index in [0.717, 1.165) is 11.1 Å². The van der Waals surface area contributed by atoms with Crippen molar-refractivity contribution >= 4 is 51.7 Å². The van der Waals surface area contributed by atoms with Gasteiger partial charge in [-0.2, -0.15) is 0 Å². The maximum atomic E-state index is 13.0. The number of hydrogen-bond donors (Lipinski definition) is 1. The topological polar surface area (TPSA) is 59.4 Å². The van der Waals surface area contributed by atoms with Gasteiger partial charge in [0.25, 0.3) is 5.91 Å². The Kier molecular flexibility index (Phi) is 6.51. The van der Waals surface area contributed by atoms with Crippen molar-refractivity contribution in [3.05, 3.63) is 62.9 Å². The van der Waals surface area contributed by atoms with Gasteiger partial charge in [-0.15, -0.1) is 0 Å². The largest absolute Gasteiger partial charge is 0.379 e. The van der Waals surface area contributed by atoms with Crippen LogP contribution in [0.5, 0.6) is 0 Å². The fourth-order valence-electron chi connectivity index (χ4n) is 3.55. The van der Waals surface area contributed by atoms with E-state index in [2.05, 4.69) is 5.43 Å². The molecule has 1 saturated heterocycles. The summed E-state index contributed by atoms with van der Waals surface area (Å²) in [4.78, 5) is 17.8. The number of hydrogen-bond acceptors (Lipinski definition) is 4. The van der Waals surface area contributed by atoms with Gasteiger partial charge < -0.3 is 9.30 Å². The number of rotatable bonds is 5. The molecule has 2 heterocycles. The monoisotopic (exact) mass is 466 g/mol. The summed E-state index contributed by atoms with van der Waals surface area (Å²) in [6.45, 7) is 4.33. The van der Waals surface area contributed by atoms with Crippen LogP contribution >= 0.6 is 34.8 Å². The molecule has 0 unspecified atom stereocenters. The third-order valence-corrected chi connectivity index (χ3v) is 6.25. The molecular formula is C21H21Cl3N4O2. The van der Waals surface area contributed by atoms with Crippen molar-refractivity contribution in [2.45, 2.75) is 19.4 Å². The molecular weight excluding hydrogens is 447 g/mol. The number of ether oxygens (including phenoxy) is 1. The number of aromatic nitrogens is 2. The lowest BCUT2D eigenvalue weighted by molar-refractivity contribution is -0.130. The van der Waals surface area contributed by atoms with Crippen molar-refractivity contribution in [1.82, 2.24) is 20.0 Å². The average Bonchev–Trinajstić information content (AvgIpc) is 3.06. The zero-order chi connectivity index (χ0) is 21.3. The first-order valence-corrected chi connectivity index (χ1v) is 10.8. The summed E-state index contributed by atoms with van der Waals surface area (Å²) in [6.07, 6.45) is 0.471. The number of imidazole rings is 1. The first-order chi connectivity index (χ1) is 14.4. The predicted molar refractivity (Wildman–Crippen MR) is 119 cm³/mol. The van der Waals surface area contributed by atoms with Gasteiger partial charge in [-0.05, 0) is 30.7 Å². The van der Waals surface area contributed by atoms with Crippen LogP contribution in [0.1, 0.15) is 24.4 Å². The van der Waals surface area contributed by atoms with Crippen LogP contribution < -0.4 is 5.43 Å². The maximum absolute atomic E-state index is 13.0. The zero-order valence-corrected chi connectivity index (χ0v) is 18.6. The molecule has 9 heteroatoms. The maximum Gasteiger partial charge on any atom is 0.257 e. The number of amides is 1. The lowest BCUT2D eigenvalue weighted by atomic mass is 10.1. The van der Waals surface area contributed by atoms with Gasteiger partial charge in [0.15, 0.2) is 0 Å². The number of benzene rings is 2. The number of fused-ring (bicyclic) bond motifs is 1. The molecule has 30 heavy (non-hydrogen) atoms. The summed E-state index contributed by atoms with van der Waals surface area (Å²) in [7, 11) is 0. The SMILES string of the molecule is C[C@H](C(=O)NN1CCOCC1)n1c(Cc2ccccc2Cl)nc2cc(Cl)c(Cl)cc21. The van der Waals surface area contributed by atoms with Gasteiger partial charge in [-0.3, -0.25) is 10.2 Å². The number of nitrogens with zero attached hydrogens (tertiary/aromatic N) is 3. The Morgan fingerprint density at radius 1 is 1.13 bits per heavy atom. The molecule has 3 aromatic rings. The fourth-order valence-corrected chi connectivity index (χ4v) is 4.07. The van der Waals surface area contributed by atoms with Crippen LogP contribution in [-0.4, -0.2) is 46.8 Å². The summed E-state index contributed by atoms with van der Waals surface area (Å²) in [6, 6.07) is 10.5. The van der Waals surface area contributed by atoms with Gasteiger partial charge in [-0.1, -0.05) is 53.0 Å². The highest BCUT2D eigenvalue weighted by Crippen LogP contribution is 2.31. The highest BCUT2D eigenvalue weighted by molar-refractivity contribution is 6.42. The van der Waals surface area contributed by atoms with Crippen LogP contribution in [0.25, 0.3) is 11.0 Å². The van der Waals surface area contributed by atoms with E-state index in [1.165, 1.54) is 0 Å². The Morgan fingerprint density at radius 2 is 1.83 bits per heavy atom. The Morgan fingerprint density at radius 3 is 2.57 bits per heavy atom. The van der Waals surface area contributed by atoms with Crippen LogP contribution in [0.15, 0.2) is 36.4 Å². The van der Waals surface area contributed by atoms with Gasteiger partial charge in [0.2, 0.25) is 0 Å². The average molecular weight is 468 g/mol. The molecule has 158 valence electrons. The second-order valence-corrected chi connectivity index (χ2v) is 8.39. The molecule has 1 aliphatic heterocycles. The Labute approximate surface area is 189 Å². The third-order valence-electron chi connectivity index (χ3n) is 5.16. The number of hydrazine groups is 1. The lowest BCUT2D eigenvalue weighted by Crippen LogP contribution is -2.50. The standard InChI is InChI=1S/C21H21Cl3N4O2/c1-13(21(29)26-27-6-8-30-9-7-27)28-19-12-17(24)16(23)11-18(19)25-20(28)10-14-4-2-3-5-15(14)22/h2-5,11-13H,6-10H2,1H3,(H,26,29)/t13-/m1/s1. The summed E-state index contributed by atoms with van der Waals surface area (Å²) in [5.74, 6) is 0.573. The summed E-state index contributed by atoms with van der Waals surface area (Å²) < 4.78 is 7.24. The molecule has 0 spiro atoms. The van der Waals surface area contributed by atoms with E-state index in [9.17, 15) is 4.79 Å². The van der Waals surface area contributed by atoms with E-state index in [4.69, 9.17) is 44.5 Å². The summed E-state index contributed by atoms with van der Waals surface area (Å²) in [5.41, 5.74) is 5.33. The van der Waals surface area contributed by atoms with Gasteiger partial charge in [0, 0.05) is 24.5 Å². The molecule has 1 amide bonds. The quantitative estimate of drug-likeness (QED) is 0.600. The van der Waals surface area contributed by atoms with Crippen molar-refractivity contribution in [1.29, 1.82) is 0 Å². The molecule has 4 rings (SSSR count). The summed E-state index contributed by atoms with van der Waals surface area (Å²) in [5, 5.41) is 3.36. The molecule has 1 fully saturated rings. The van der Waals surface area contributed by atoms with Gasteiger partial charge in [0.05, 0.1) is 34.3 Å². The smallest absolute Gasteiger partial charge is 0.257 e. The Hall–Kier alpha value is -1.83. The van der Waals surface area contributed by atoms with E-state index in [-0.39, 0.29) is 5.91 Å². The number of carbonyl (C=O) groups excluding carboxylic acids is 1. The Balaban J connectivity index is 1.72. The molecule has 6 nitrogen and oxygen atoms in total. The molecule has 1 atom stereocenters. The van der Waals surface area contributed by atoms with E-state index in [1.807, 2.05) is 40.8 Å². The number of nitrogens with one attached hydrogen (secondary N) is 1. The zero-order valence-electron chi connectivity index (χ0n) is 16.4. The first-order valence-electron chi connectivity index (χ1n) is 9.66. The third kappa shape index (κ3) is 4.43. The van der Waals surface area contributed by atoms with Crippen LogP contribution in [0.2, 0.25) is 15.1 Å². The van der Waals surface area contributed by atoms with Crippen molar-refractivity contribution in [3.8, 4) is 0 Å². The molecule has 1 N–H and O–H groups in total. The first kappa shape index (κ1) is 21.4. The minimum absolute atomic E-state index is 0.136. The molecule has 1 aromatic heterocycles. The van der Waals surface area contributed by atoms with Gasteiger partial charge in [0.1, 0.15) is 11.9 Å². The van der Waals surface area contributed by atoms with E-state index in [1.54, 1.807) is 12.1 Å². The van der Waals surface area contributed by atoms with Crippen molar-refractivity contribution in [2.24, 2.45) is 0 Å². The number of carbonyl (C=O) groups is 1. The van der Waals surface area contributed by atoms with Crippen LogP contribution in [-0.2, 0) is 16.0 Å². The minimum Gasteiger partial charge on any atom is -0.379 e. The fraction of sp³-hybridized carbons (Fsp3) is 0.333. The predicted octanol–water partition coefficient (Wildman–Crippen LogP) is 4.51. The van der Waals surface area contributed by atoms with Gasteiger partial charge in [-0.25, -0.2) is 9.99 Å². The Bertz CT molecular complexity index is 1080. The molecule has 1 aliphatic rings. The second-order valence-electron chi connectivity index (χ2n) is 7.17. The highest BCUT2D eigenvalue weighted by atomic mass is 35.5. The van der Waals surface area contributed by atoms with Gasteiger partial charge >= 0.3 is 0 Å². The van der Waals surface area contributed by atoms with Crippen LogP contribution in [0.4, 0.5) is 0 Å². The minimum atomic E-state index is -0.521. The lowest BCUT2D eigenvalue weighted by Gasteiger charge is -2.28.